The monoisotopic (exact) mass is 261 g/mol. The number of piperazine rings is 1. The van der Waals surface area contributed by atoms with Crippen molar-refractivity contribution in [1.82, 2.24) is 9.88 Å². The molecule has 0 amide bonds. The Kier molecular flexibility index (Phi) is 3.92. The topological polar surface area (TPSA) is 86.3 Å². The maximum Gasteiger partial charge on any atom is 0.311 e. The molecule has 0 bridgehead atoms. The summed E-state index contributed by atoms with van der Waals surface area (Å²) < 4.78 is 0. The molecule has 1 fully saturated rings. The molecule has 100 valence electrons. The second-order valence-electron chi connectivity index (χ2n) is 4.43. The van der Waals surface area contributed by atoms with E-state index in [0.29, 0.717) is 32.0 Å². The maximum atomic E-state index is 11.0. The normalized spacial score (nSPS) is 17.8. The lowest BCUT2D eigenvalue weighted by Gasteiger charge is -2.36. The molecule has 1 aromatic rings. The number of nitriles is 1. The third-order valence-electron chi connectivity index (χ3n) is 3.31. The maximum absolute atomic E-state index is 11.0. The Balaban J connectivity index is 2.10. The number of hydrogen-bond acceptors (Lipinski definition) is 6. The zero-order valence-electron chi connectivity index (χ0n) is 10.7. The van der Waals surface area contributed by atoms with Crippen molar-refractivity contribution in [3.8, 4) is 6.07 Å². The minimum atomic E-state index is -0.410. The number of anilines is 1. The van der Waals surface area contributed by atoms with Crippen LogP contribution in [0.25, 0.3) is 0 Å². The van der Waals surface area contributed by atoms with Gasteiger partial charge >= 0.3 is 5.69 Å². The molecule has 1 saturated heterocycles. The van der Waals surface area contributed by atoms with Gasteiger partial charge in [-0.2, -0.15) is 5.26 Å². The molecular weight excluding hydrogens is 246 g/mol. The van der Waals surface area contributed by atoms with Crippen LogP contribution < -0.4 is 4.90 Å². The van der Waals surface area contributed by atoms with Gasteiger partial charge in [-0.3, -0.25) is 15.0 Å². The molecule has 2 heterocycles. The highest BCUT2D eigenvalue weighted by atomic mass is 16.6. The minimum absolute atomic E-state index is 0.0317. The molecule has 7 nitrogen and oxygen atoms in total. The summed E-state index contributed by atoms with van der Waals surface area (Å²) in [5.74, 6) is 0.414. The Morgan fingerprint density at radius 1 is 1.47 bits per heavy atom. The SMILES string of the molecule is CC(C#N)N1CCN(c2ncccc2[N+](=O)[O-])CC1. The van der Waals surface area contributed by atoms with Crippen LogP contribution in [0.5, 0.6) is 0 Å². The fourth-order valence-electron chi connectivity index (χ4n) is 2.18. The molecule has 0 N–H and O–H groups in total. The van der Waals surface area contributed by atoms with E-state index in [9.17, 15) is 10.1 Å². The highest BCUT2D eigenvalue weighted by Crippen LogP contribution is 2.25. The molecule has 0 aromatic carbocycles. The van der Waals surface area contributed by atoms with Gasteiger partial charge < -0.3 is 4.90 Å². The number of hydrogen-bond donors (Lipinski definition) is 0. The third-order valence-corrected chi connectivity index (χ3v) is 3.31. The van der Waals surface area contributed by atoms with E-state index >= 15 is 0 Å². The van der Waals surface area contributed by atoms with Gasteiger partial charge in [-0.1, -0.05) is 0 Å². The number of rotatable bonds is 3. The van der Waals surface area contributed by atoms with Crippen molar-refractivity contribution in [2.45, 2.75) is 13.0 Å². The molecular formula is C12H15N5O2. The summed E-state index contributed by atoms with van der Waals surface area (Å²) in [7, 11) is 0. The number of nitro groups is 1. The van der Waals surface area contributed by atoms with Crippen molar-refractivity contribution < 1.29 is 4.92 Å². The molecule has 7 heteroatoms. The average Bonchev–Trinajstić information content (AvgIpc) is 2.46. The molecule has 1 aromatic heterocycles. The van der Waals surface area contributed by atoms with E-state index in [0.717, 1.165) is 0 Å². The second-order valence-corrected chi connectivity index (χ2v) is 4.43. The minimum Gasteiger partial charge on any atom is -0.348 e. The highest BCUT2D eigenvalue weighted by molar-refractivity contribution is 5.57. The zero-order chi connectivity index (χ0) is 13.8. The first kappa shape index (κ1) is 13.2. The van der Waals surface area contributed by atoms with E-state index in [1.54, 1.807) is 12.3 Å². The van der Waals surface area contributed by atoms with Gasteiger partial charge in [0, 0.05) is 38.4 Å². The first-order chi connectivity index (χ1) is 9.13. The van der Waals surface area contributed by atoms with Crippen molar-refractivity contribution in [2.75, 3.05) is 31.1 Å². The van der Waals surface area contributed by atoms with E-state index in [1.807, 2.05) is 11.8 Å². The Morgan fingerprint density at radius 2 is 2.16 bits per heavy atom. The molecule has 0 spiro atoms. The molecule has 1 unspecified atom stereocenters. The Hall–Kier alpha value is -2.20. The molecule has 1 aliphatic rings. The van der Waals surface area contributed by atoms with E-state index < -0.39 is 4.92 Å². The van der Waals surface area contributed by atoms with E-state index in [1.165, 1.54) is 6.07 Å². The van der Waals surface area contributed by atoms with Crippen molar-refractivity contribution in [2.24, 2.45) is 0 Å². The average molecular weight is 261 g/mol. The summed E-state index contributed by atoms with van der Waals surface area (Å²) in [5, 5.41) is 19.8. The van der Waals surface area contributed by atoms with Crippen molar-refractivity contribution in [3.05, 3.63) is 28.4 Å². The predicted molar refractivity (Wildman–Crippen MR) is 69.8 cm³/mol. The van der Waals surface area contributed by atoms with Crippen LogP contribution in [0.2, 0.25) is 0 Å². The number of aromatic nitrogens is 1. The first-order valence-corrected chi connectivity index (χ1v) is 6.11. The fraction of sp³-hybridized carbons (Fsp3) is 0.500. The van der Waals surface area contributed by atoms with Crippen LogP contribution in [0.4, 0.5) is 11.5 Å². The summed E-state index contributed by atoms with van der Waals surface area (Å²) in [6.45, 7) is 4.57. The molecule has 0 saturated carbocycles. The second kappa shape index (κ2) is 5.63. The number of nitrogens with zero attached hydrogens (tertiary/aromatic N) is 5. The van der Waals surface area contributed by atoms with Crippen LogP contribution in [0.15, 0.2) is 18.3 Å². The Bertz CT molecular complexity index is 505. The van der Waals surface area contributed by atoms with Gasteiger partial charge in [-0.15, -0.1) is 0 Å². The van der Waals surface area contributed by atoms with Gasteiger partial charge in [0.05, 0.1) is 17.0 Å². The molecule has 19 heavy (non-hydrogen) atoms. The van der Waals surface area contributed by atoms with Crippen LogP contribution in [0.1, 0.15) is 6.92 Å². The highest BCUT2D eigenvalue weighted by Gasteiger charge is 2.26. The van der Waals surface area contributed by atoms with Crippen LogP contribution in [0, 0.1) is 21.4 Å². The number of pyridine rings is 1. The zero-order valence-corrected chi connectivity index (χ0v) is 10.7. The van der Waals surface area contributed by atoms with Crippen LogP contribution in [-0.2, 0) is 0 Å². The molecule has 1 aliphatic heterocycles. The van der Waals surface area contributed by atoms with E-state index in [4.69, 9.17) is 5.26 Å². The molecule has 1 atom stereocenters. The summed E-state index contributed by atoms with van der Waals surface area (Å²) in [6, 6.07) is 5.11. The van der Waals surface area contributed by atoms with Crippen LogP contribution in [0.3, 0.4) is 0 Å². The first-order valence-electron chi connectivity index (χ1n) is 6.11. The lowest BCUT2D eigenvalue weighted by Crippen LogP contribution is -2.49. The summed E-state index contributed by atoms with van der Waals surface area (Å²) >= 11 is 0. The summed E-state index contributed by atoms with van der Waals surface area (Å²) in [6.07, 6.45) is 1.56. The Labute approximate surface area is 111 Å². The van der Waals surface area contributed by atoms with Gasteiger partial charge in [0.2, 0.25) is 5.82 Å². The third kappa shape index (κ3) is 2.80. The summed E-state index contributed by atoms with van der Waals surface area (Å²) in [4.78, 5) is 18.6. The largest absolute Gasteiger partial charge is 0.348 e. The lowest BCUT2D eigenvalue weighted by atomic mass is 10.2. The van der Waals surface area contributed by atoms with Gasteiger partial charge in [0.25, 0.3) is 0 Å². The standard InChI is InChI=1S/C12H15N5O2/c1-10(9-13)15-5-7-16(8-6-15)12-11(17(18)19)3-2-4-14-12/h2-4,10H,5-8H2,1H3. The van der Waals surface area contributed by atoms with Gasteiger partial charge in [-0.25, -0.2) is 4.98 Å². The van der Waals surface area contributed by atoms with Gasteiger partial charge in [-0.05, 0) is 13.0 Å². The smallest absolute Gasteiger partial charge is 0.311 e. The molecule has 2 rings (SSSR count). The van der Waals surface area contributed by atoms with Crippen molar-refractivity contribution in [3.63, 3.8) is 0 Å². The van der Waals surface area contributed by atoms with Crippen molar-refractivity contribution in [1.29, 1.82) is 5.26 Å². The lowest BCUT2D eigenvalue weighted by molar-refractivity contribution is -0.384. The van der Waals surface area contributed by atoms with E-state index in [2.05, 4.69) is 16.0 Å². The predicted octanol–water partition coefficient (Wildman–Crippen LogP) is 1.02. The van der Waals surface area contributed by atoms with Crippen molar-refractivity contribution >= 4 is 11.5 Å². The van der Waals surface area contributed by atoms with Gasteiger partial charge in [0.1, 0.15) is 0 Å². The fourth-order valence-corrected chi connectivity index (χ4v) is 2.18. The quantitative estimate of drug-likeness (QED) is 0.596. The van der Waals surface area contributed by atoms with Gasteiger partial charge in [0.15, 0.2) is 0 Å². The van der Waals surface area contributed by atoms with E-state index in [-0.39, 0.29) is 11.7 Å². The molecule has 0 aliphatic carbocycles. The molecule has 0 radical (unpaired) electrons. The Morgan fingerprint density at radius 3 is 2.74 bits per heavy atom. The van der Waals surface area contributed by atoms with Crippen LogP contribution >= 0.6 is 0 Å². The van der Waals surface area contributed by atoms with Crippen LogP contribution in [-0.4, -0.2) is 47.0 Å². The summed E-state index contributed by atoms with van der Waals surface area (Å²) in [5.41, 5.74) is 0.0317.